The van der Waals surface area contributed by atoms with Crippen LogP contribution in [0.3, 0.4) is 0 Å². The maximum atomic E-state index is 13.4. The number of nitrogens with zero attached hydrogens (tertiary/aromatic N) is 1. The Balaban J connectivity index is 1.39. The number of esters is 1. The van der Waals surface area contributed by atoms with Crippen LogP contribution in [0.4, 0.5) is 0 Å². The van der Waals surface area contributed by atoms with Gasteiger partial charge in [0.15, 0.2) is 0 Å². The molecule has 34 heavy (non-hydrogen) atoms. The van der Waals surface area contributed by atoms with E-state index in [4.69, 9.17) is 9.47 Å². The summed E-state index contributed by atoms with van der Waals surface area (Å²) in [6, 6.07) is 7.90. The van der Waals surface area contributed by atoms with Gasteiger partial charge < -0.3 is 14.5 Å². The Kier molecular flexibility index (Phi) is 5.14. The summed E-state index contributed by atoms with van der Waals surface area (Å²) in [5, 5.41) is 0.997. The van der Waals surface area contributed by atoms with Gasteiger partial charge in [-0.3, -0.25) is 24.1 Å². The maximum Gasteiger partial charge on any atom is 0.326 e. The number of nitrogens with one attached hydrogen (secondary N) is 1. The quantitative estimate of drug-likeness (QED) is 0.497. The Morgan fingerprint density at radius 1 is 1.12 bits per heavy atom. The summed E-state index contributed by atoms with van der Waals surface area (Å²) in [7, 11) is 1.62. The highest BCUT2D eigenvalue weighted by atomic mass is 32.2. The van der Waals surface area contributed by atoms with E-state index in [1.807, 2.05) is 24.3 Å². The second-order valence-corrected chi connectivity index (χ2v) is 11.5. The molecule has 7 unspecified atom stereocenters. The lowest BCUT2D eigenvalue weighted by Crippen LogP contribution is -2.42. The molecule has 3 fully saturated rings. The molecule has 2 aliphatic heterocycles. The minimum Gasteiger partial charge on any atom is -0.497 e. The van der Waals surface area contributed by atoms with E-state index in [2.05, 4.69) is 4.98 Å². The summed E-state index contributed by atoms with van der Waals surface area (Å²) in [5.74, 6) is -0.959. The van der Waals surface area contributed by atoms with Crippen LogP contribution in [0.5, 0.6) is 5.75 Å². The van der Waals surface area contributed by atoms with Gasteiger partial charge in [0.05, 0.1) is 30.6 Å². The summed E-state index contributed by atoms with van der Waals surface area (Å²) in [4.78, 5) is 56.1. The first kappa shape index (κ1) is 21.9. The number of likely N-dealkylation sites (tertiary alicyclic amines) is 1. The Hall–Kier alpha value is -2.59. The van der Waals surface area contributed by atoms with Crippen molar-refractivity contribution in [2.45, 2.75) is 29.5 Å². The highest BCUT2D eigenvalue weighted by molar-refractivity contribution is 8.00. The van der Waals surface area contributed by atoms with Gasteiger partial charge in [0.25, 0.3) is 0 Å². The fourth-order valence-corrected chi connectivity index (χ4v) is 9.64. The van der Waals surface area contributed by atoms with Crippen molar-refractivity contribution in [3.8, 4) is 5.75 Å². The number of carbonyl (C=O) groups excluding carboxylic acids is 3. The Bertz CT molecular complexity index is 1240. The zero-order valence-electron chi connectivity index (χ0n) is 18.7. The number of fused-ring (bicyclic) bond motifs is 9. The minimum atomic E-state index is -0.556. The van der Waals surface area contributed by atoms with Crippen LogP contribution in [-0.2, 0) is 19.1 Å². The van der Waals surface area contributed by atoms with Crippen LogP contribution in [-0.4, -0.2) is 53.2 Å². The molecule has 0 radical (unpaired) electrons. The molecule has 2 aromatic rings. The van der Waals surface area contributed by atoms with Gasteiger partial charge in [0, 0.05) is 16.0 Å². The predicted molar refractivity (Wildman–Crippen MR) is 125 cm³/mol. The van der Waals surface area contributed by atoms with Crippen molar-refractivity contribution < 1.29 is 23.9 Å². The molecule has 1 aromatic heterocycles. The Morgan fingerprint density at radius 3 is 2.50 bits per heavy atom. The van der Waals surface area contributed by atoms with Crippen LogP contribution >= 0.6 is 23.1 Å². The number of imide groups is 1. The van der Waals surface area contributed by atoms with Gasteiger partial charge in [0.1, 0.15) is 12.3 Å². The number of methoxy groups -OCH3 is 1. The SMILES string of the molecule is CCOC(=O)CN1C(=O)C2C3CC(C2C1=O)C1C(c2ccc(OC)cc2)c2sc(=O)[nH]c2SC31. The number of hydrogen-bond acceptors (Lipinski definition) is 8. The van der Waals surface area contributed by atoms with Gasteiger partial charge in [-0.05, 0) is 48.8 Å². The average molecular weight is 501 g/mol. The van der Waals surface area contributed by atoms with Gasteiger partial charge in [0.2, 0.25) is 11.8 Å². The van der Waals surface area contributed by atoms with E-state index in [9.17, 15) is 19.2 Å². The number of aromatic amines is 1. The van der Waals surface area contributed by atoms with Crippen molar-refractivity contribution in [2.75, 3.05) is 20.3 Å². The Labute approximate surface area is 204 Å². The van der Waals surface area contributed by atoms with Gasteiger partial charge >= 0.3 is 10.8 Å². The maximum absolute atomic E-state index is 13.4. The molecule has 0 spiro atoms. The van der Waals surface area contributed by atoms with Crippen molar-refractivity contribution in [1.29, 1.82) is 0 Å². The number of hydrogen-bond donors (Lipinski definition) is 1. The molecule has 178 valence electrons. The van der Waals surface area contributed by atoms with E-state index in [0.717, 1.165) is 32.5 Å². The molecule has 1 aromatic carbocycles. The summed E-state index contributed by atoms with van der Waals surface area (Å²) in [6.45, 7) is 1.59. The number of benzene rings is 1. The number of amides is 2. The van der Waals surface area contributed by atoms with Crippen molar-refractivity contribution in [1.82, 2.24) is 9.88 Å². The van der Waals surface area contributed by atoms with Crippen LogP contribution in [0.1, 0.15) is 29.7 Å². The van der Waals surface area contributed by atoms with E-state index in [0.29, 0.717) is 0 Å². The summed E-state index contributed by atoms with van der Waals surface area (Å²) < 4.78 is 10.3. The lowest BCUT2D eigenvalue weighted by Gasteiger charge is -2.43. The fraction of sp³-hybridized carbons (Fsp3) is 0.500. The third kappa shape index (κ3) is 3.04. The van der Waals surface area contributed by atoms with Crippen molar-refractivity contribution in [3.05, 3.63) is 44.4 Å². The highest BCUT2D eigenvalue weighted by Gasteiger charge is 2.69. The first-order chi connectivity index (χ1) is 16.4. The van der Waals surface area contributed by atoms with Crippen LogP contribution in [0.2, 0.25) is 0 Å². The van der Waals surface area contributed by atoms with Crippen molar-refractivity contribution >= 4 is 40.9 Å². The number of thioether (sulfide) groups is 1. The summed E-state index contributed by atoms with van der Waals surface area (Å²) in [6.07, 6.45) is 0.814. The molecule has 3 heterocycles. The predicted octanol–water partition coefficient (Wildman–Crippen LogP) is 2.48. The number of carbonyl (C=O) groups is 3. The molecular weight excluding hydrogens is 476 g/mol. The topological polar surface area (TPSA) is 106 Å². The second-order valence-electron chi connectivity index (χ2n) is 9.30. The number of aromatic nitrogens is 1. The minimum absolute atomic E-state index is 0.0219. The monoisotopic (exact) mass is 500 g/mol. The standard InChI is InChI=1S/C24H24N2O6S2/c1-3-32-14(27)9-26-22(28)17-12-8-13(18(17)23(26)29)19-16(12)15(10-4-6-11(31-2)7-5-10)20-21(33-19)25-24(30)34-20/h4-7,12-13,15-19H,3,8-9H2,1-2H3,(H,25,30). The first-order valence-corrected chi connectivity index (χ1v) is 13.2. The van der Waals surface area contributed by atoms with Crippen LogP contribution < -0.4 is 9.61 Å². The van der Waals surface area contributed by atoms with E-state index in [1.54, 1.807) is 25.8 Å². The van der Waals surface area contributed by atoms with E-state index in [1.165, 1.54) is 11.3 Å². The van der Waals surface area contributed by atoms with E-state index < -0.39 is 17.8 Å². The third-order valence-electron chi connectivity index (χ3n) is 7.88. The van der Waals surface area contributed by atoms with Crippen LogP contribution in [0.15, 0.2) is 34.1 Å². The highest BCUT2D eigenvalue weighted by Crippen LogP contribution is 2.68. The molecule has 7 atom stereocenters. The lowest BCUT2D eigenvalue weighted by molar-refractivity contribution is -0.153. The summed E-state index contributed by atoms with van der Waals surface area (Å²) >= 11 is 2.88. The van der Waals surface area contributed by atoms with Crippen molar-refractivity contribution in [3.63, 3.8) is 0 Å². The molecule has 1 N–H and O–H groups in total. The van der Waals surface area contributed by atoms with Gasteiger partial charge in [-0.25, -0.2) is 0 Å². The molecule has 4 aliphatic rings. The van der Waals surface area contributed by atoms with Gasteiger partial charge in [-0.2, -0.15) is 0 Å². The molecule has 6 rings (SSSR count). The van der Waals surface area contributed by atoms with Crippen LogP contribution in [0, 0.1) is 29.6 Å². The fourth-order valence-electron chi connectivity index (χ4n) is 6.75. The molecule has 2 aliphatic carbocycles. The van der Waals surface area contributed by atoms with Crippen molar-refractivity contribution in [2.24, 2.45) is 29.6 Å². The zero-order valence-corrected chi connectivity index (χ0v) is 20.3. The van der Waals surface area contributed by atoms with E-state index in [-0.39, 0.29) is 58.8 Å². The summed E-state index contributed by atoms with van der Waals surface area (Å²) in [5.41, 5.74) is 1.08. The molecule has 2 saturated carbocycles. The molecule has 1 saturated heterocycles. The number of ether oxygens (including phenoxy) is 2. The zero-order chi connectivity index (χ0) is 23.7. The largest absolute Gasteiger partial charge is 0.497 e. The number of H-pyrrole nitrogens is 1. The number of thiazole rings is 1. The molecule has 10 heteroatoms. The Morgan fingerprint density at radius 2 is 1.82 bits per heavy atom. The van der Waals surface area contributed by atoms with Gasteiger partial charge in [-0.15, -0.1) is 11.8 Å². The molecule has 2 amide bonds. The molecule has 8 nitrogen and oxygen atoms in total. The number of rotatable bonds is 5. The average Bonchev–Trinajstić information content (AvgIpc) is 3.55. The first-order valence-electron chi connectivity index (χ1n) is 11.5. The molecular formula is C24H24N2O6S2. The van der Waals surface area contributed by atoms with Gasteiger partial charge in [-0.1, -0.05) is 23.5 Å². The van der Waals surface area contributed by atoms with E-state index >= 15 is 0 Å². The molecule has 2 bridgehead atoms. The smallest absolute Gasteiger partial charge is 0.326 e. The lowest BCUT2D eigenvalue weighted by atomic mass is 9.68. The third-order valence-corrected chi connectivity index (χ3v) is 10.5. The normalized spacial score (nSPS) is 33.0. The second kappa shape index (κ2) is 7.98. The van der Waals surface area contributed by atoms with Crippen LogP contribution in [0.25, 0.3) is 0 Å².